The van der Waals surface area contributed by atoms with E-state index < -0.39 is 0 Å². The third kappa shape index (κ3) is 3.51. The minimum absolute atomic E-state index is 0.178. The first-order valence-electron chi connectivity index (χ1n) is 7.27. The third-order valence-corrected chi connectivity index (χ3v) is 4.17. The second-order valence-electron chi connectivity index (χ2n) is 5.57. The maximum atomic E-state index is 12.4. The van der Waals surface area contributed by atoms with Gasteiger partial charge in [0.1, 0.15) is 5.75 Å². The van der Waals surface area contributed by atoms with Crippen molar-refractivity contribution in [1.29, 1.82) is 0 Å². The fourth-order valence-electron chi connectivity index (χ4n) is 2.80. The van der Waals surface area contributed by atoms with Gasteiger partial charge >= 0.3 is 0 Å². The number of carbonyl (C=O) groups is 1. The zero-order valence-electron chi connectivity index (χ0n) is 12.3. The molecule has 1 aromatic carbocycles. The number of methoxy groups -OCH3 is 1. The van der Waals surface area contributed by atoms with Gasteiger partial charge in [0.15, 0.2) is 0 Å². The number of hydrogen-bond acceptors (Lipinski definition) is 3. The van der Waals surface area contributed by atoms with Crippen molar-refractivity contribution in [2.24, 2.45) is 11.7 Å². The third-order valence-electron chi connectivity index (χ3n) is 4.17. The van der Waals surface area contributed by atoms with Crippen LogP contribution in [0.1, 0.15) is 25.3 Å². The van der Waals surface area contributed by atoms with Gasteiger partial charge in [0, 0.05) is 24.7 Å². The molecule has 1 atom stereocenters. The molecule has 2 N–H and O–H groups in total. The molecule has 0 radical (unpaired) electrons. The van der Waals surface area contributed by atoms with Crippen molar-refractivity contribution in [1.82, 2.24) is 4.90 Å². The molecule has 110 valence electrons. The first-order chi connectivity index (χ1) is 9.61. The van der Waals surface area contributed by atoms with Gasteiger partial charge < -0.3 is 15.4 Å². The van der Waals surface area contributed by atoms with E-state index in [0.29, 0.717) is 12.3 Å². The highest BCUT2D eigenvalue weighted by atomic mass is 16.5. The van der Waals surface area contributed by atoms with Crippen LogP contribution in [0.3, 0.4) is 0 Å². The maximum Gasteiger partial charge on any atom is 0.227 e. The monoisotopic (exact) mass is 276 g/mol. The zero-order chi connectivity index (χ0) is 14.5. The Hall–Kier alpha value is -1.55. The van der Waals surface area contributed by atoms with Crippen LogP contribution in [0.25, 0.3) is 0 Å². The molecule has 2 rings (SSSR count). The van der Waals surface area contributed by atoms with E-state index in [-0.39, 0.29) is 11.9 Å². The Balaban J connectivity index is 1.93. The number of carbonyl (C=O) groups excluding carboxylic acids is 1. The number of para-hydroxylation sites is 1. The van der Waals surface area contributed by atoms with E-state index in [1.54, 1.807) is 7.11 Å². The fourth-order valence-corrected chi connectivity index (χ4v) is 2.80. The summed E-state index contributed by atoms with van der Waals surface area (Å²) in [6.45, 7) is 3.69. The van der Waals surface area contributed by atoms with Crippen LogP contribution in [0.15, 0.2) is 24.3 Å². The van der Waals surface area contributed by atoms with Gasteiger partial charge in [0.05, 0.1) is 13.5 Å². The van der Waals surface area contributed by atoms with Crippen LogP contribution < -0.4 is 10.5 Å². The standard InChI is InChI=1S/C16H24N2O2/c1-12(17)13-7-9-18(10-8-13)16(19)11-14-5-3-4-6-15(14)20-2/h3-6,12-13H,7-11,17H2,1-2H3. The van der Waals surface area contributed by atoms with E-state index in [2.05, 4.69) is 6.92 Å². The van der Waals surface area contributed by atoms with Crippen LogP contribution in [0.2, 0.25) is 0 Å². The lowest BCUT2D eigenvalue weighted by atomic mass is 9.91. The summed E-state index contributed by atoms with van der Waals surface area (Å²) < 4.78 is 5.29. The molecule has 1 heterocycles. The number of rotatable bonds is 4. The lowest BCUT2D eigenvalue weighted by Crippen LogP contribution is -2.43. The maximum absolute atomic E-state index is 12.4. The summed E-state index contributed by atoms with van der Waals surface area (Å²) in [4.78, 5) is 14.3. The van der Waals surface area contributed by atoms with Gasteiger partial charge in [-0.25, -0.2) is 0 Å². The summed E-state index contributed by atoms with van der Waals surface area (Å²) in [7, 11) is 1.64. The van der Waals surface area contributed by atoms with Crippen LogP contribution in [0, 0.1) is 5.92 Å². The highest BCUT2D eigenvalue weighted by Gasteiger charge is 2.25. The molecule has 0 saturated carbocycles. The smallest absolute Gasteiger partial charge is 0.227 e. The highest BCUT2D eigenvalue weighted by molar-refractivity contribution is 5.79. The van der Waals surface area contributed by atoms with Gasteiger partial charge in [-0.3, -0.25) is 4.79 Å². The first kappa shape index (κ1) is 14.9. The van der Waals surface area contributed by atoms with Crippen molar-refractivity contribution in [3.63, 3.8) is 0 Å². The van der Waals surface area contributed by atoms with E-state index in [4.69, 9.17) is 10.5 Å². The minimum Gasteiger partial charge on any atom is -0.496 e. The van der Waals surface area contributed by atoms with Gasteiger partial charge in [0.2, 0.25) is 5.91 Å². The van der Waals surface area contributed by atoms with E-state index >= 15 is 0 Å². The van der Waals surface area contributed by atoms with Crippen molar-refractivity contribution in [2.45, 2.75) is 32.2 Å². The summed E-state index contributed by atoms with van der Waals surface area (Å²) in [5, 5.41) is 0. The molecule has 1 aliphatic rings. The molecule has 20 heavy (non-hydrogen) atoms. The Morgan fingerprint density at radius 3 is 2.65 bits per heavy atom. The Bertz CT molecular complexity index is 452. The van der Waals surface area contributed by atoms with Crippen molar-refractivity contribution < 1.29 is 9.53 Å². The molecule has 0 bridgehead atoms. The van der Waals surface area contributed by atoms with Gasteiger partial charge in [0.25, 0.3) is 0 Å². The molecular weight excluding hydrogens is 252 g/mol. The van der Waals surface area contributed by atoms with Gasteiger partial charge in [-0.15, -0.1) is 0 Å². The Labute approximate surface area is 120 Å². The molecule has 1 aromatic rings. The van der Waals surface area contributed by atoms with Crippen molar-refractivity contribution >= 4 is 5.91 Å². The predicted octanol–water partition coefficient (Wildman–Crippen LogP) is 1.82. The molecule has 4 nitrogen and oxygen atoms in total. The lowest BCUT2D eigenvalue weighted by Gasteiger charge is -2.33. The average molecular weight is 276 g/mol. The zero-order valence-corrected chi connectivity index (χ0v) is 12.3. The van der Waals surface area contributed by atoms with E-state index in [9.17, 15) is 4.79 Å². The molecule has 0 aromatic heterocycles. The molecule has 1 unspecified atom stereocenters. The lowest BCUT2D eigenvalue weighted by molar-refractivity contribution is -0.131. The molecule has 1 fully saturated rings. The quantitative estimate of drug-likeness (QED) is 0.912. The highest BCUT2D eigenvalue weighted by Crippen LogP contribution is 2.22. The summed E-state index contributed by atoms with van der Waals surface area (Å²) in [6.07, 6.45) is 2.43. The van der Waals surface area contributed by atoms with Crippen molar-refractivity contribution in [2.75, 3.05) is 20.2 Å². The van der Waals surface area contributed by atoms with Gasteiger partial charge in [-0.05, 0) is 31.7 Å². The average Bonchev–Trinajstić information content (AvgIpc) is 2.48. The predicted molar refractivity (Wildman–Crippen MR) is 79.7 cm³/mol. The van der Waals surface area contributed by atoms with Crippen molar-refractivity contribution in [3.8, 4) is 5.75 Å². The minimum atomic E-state index is 0.178. The molecule has 0 aliphatic carbocycles. The summed E-state index contributed by atoms with van der Waals surface area (Å²) in [5.74, 6) is 1.51. The van der Waals surface area contributed by atoms with Crippen molar-refractivity contribution in [3.05, 3.63) is 29.8 Å². The number of nitrogens with zero attached hydrogens (tertiary/aromatic N) is 1. The Morgan fingerprint density at radius 1 is 1.40 bits per heavy atom. The second-order valence-corrected chi connectivity index (χ2v) is 5.57. The van der Waals surface area contributed by atoms with E-state index in [1.807, 2.05) is 29.2 Å². The largest absolute Gasteiger partial charge is 0.496 e. The van der Waals surface area contributed by atoms with Crippen LogP contribution in [0.5, 0.6) is 5.75 Å². The molecular formula is C16H24N2O2. The van der Waals surface area contributed by atoms with Crippen LogP contribution in [-0.2, 0) is 11.2 Å². The topological polar surface area (TPSA) is 55.6 Å². The number of hydrogen-bond donors (Lipinski definition) is 1. The molecule has 4 heteroatoms. The number of nitrogens with two attached hydrogens (primary N) is 1. The Kier molecular flexibility index (Phi) is 5.01. The first-order valence-corrected chi connectivity index (χ1v) is 7.27. The second kappa shape index (κ2) is 6.75. The SMILES string of the molecule is COc1ccccc1CC(=O)N1CCC(C(C)N)CC1. The number of ether oxygens (including phenoxy) is 1. The molecule has 0 spiro atoms. The van der Waals surface area contributed by atoms with Crippen LogP contribution >= 0.6 is 0 Å². The normalized spacial score (nSPS) is 17.9. The Morgan fingerprint density at radius 2 is 2.05 bits per heavy atom. The summed E-state index contributed by atoms with van der Waals surface area (Å²) >= 11 is 0. The van der Waals surface area contributed by atoms with Crippen LogP contribution in [-0.4, -0.2) is 37.0 Å². The molecule has 1 saturated heterocycles. The van der Waals surface area contributed by atoms with Gasteiger partial charge in [-0.1, -0.05) is 18.2 Å². The summed E-state index contributed by atoms with van der Waals surface area (Å²) in [6, 6.07) is 7.92. The summed E-state index contributed by atoms with van der Waals surface area (Å²) in [5.41, 5.74) is 6.88. The van der Waals surface area contributed by atoms with E-state index in [0.717, 1.165) is 37.2 Å². The van der Waals surface area contributed by atoms with Crippen LogP contribution in [0.4, 0.5) is 0 Å². The van der Waals surface area contributed by atoms with E-state index in [1.165, 1.54) is 0 Å². The number of benzene rings is 1. The molecule has 1 aliphatic heterocycles. The number of amides is 1. The number of likely N-dealkylation sites (tertiary alicyclic amines) is 1. The number of piperidine rings is 1. The van der Waals surface area contributed by atoms with Gasteiger partial charge in [-0.2, -0.15) is 0 Å². The fraction of sp³-hybridized carbons (Fsp3) is 0.562. The molecule has 1 amide bonds.